The van der Waals surface area contributed by atoms with Gasteiger partial charge in [0.15, 0.2) is 0 Å². The molecule has 0 radical (unpaired) electrons. The normalized spacial score (nSPS) is 20.4. The van der Waals surface area contributed by atoms with Crippen LogP contribution in [0, 0.1) is 5.92 Å². The average molecular weight is 317 g/mol. The molecule has 1 fully saturated rings. The fourth-order valence-electron chi connectivity index (χ4n) is 3.35. The Morgan fingerprint density at radius 1 is 1.43 bits per heavy atom. The van der Waals surface area contributed by atoms with Crippen molar-refractivity contribution in [2.75, 3.05) is 33.8 Å². The van der Waals surface area contributed by atoms with Crippen LogP contribution >= 0.6 is 0 Å². The molecule has 6 nitrogen and oxygen atoms in total. The van der Waals surface area contributed by atoms with Crippen molar-refractivity contribution in [3.05, 3.63) is 29.3 Å². The molecule has 2 aliphatic rings. The maximum absolute atomic E-state index is 12.4. The minimum absolute atomic E-state index is 0.0661. The molecule has 2 aliphatic heterocycles. The third-order valence-corrected chi connectivity index (χ3v) is 4.70. The van der Waals surface area contributed by atoms with Crippen molar-refractivity contribution < 1.29 is 14.3 Å². The second-order valence-electron chi connectivity index (χ2n) is 6.30. The Labute approximate surface area is 136 Å². The summed E-state index contributed by atoms with van der Waals surface area (Å²) in [6.07, 6.45) is 1.36. The van der Waals surface area contributed by atoms with Gasteiger partial charge in [-0.1, -0.05) is 12.1 Å². The Balaban J connectivity index is 1.58. The number of ether oxygens (including phenoxy) is 1. The van der Waals surface area contributed by atoms with Crippen molar-refractivity contribution in [2.45, 2.75) is 19.4 Å². The van der Waals surface area contributed by atoms with Gasteiger partial charge in [0, 0.05) is 44.6 Å². The number of hydrogen-bond donors (Lipinski definition) is 1. The zero-order valence-corrected chi connectivity index (χ0v) is 13.7. The molecule has 2 heterocycles. The van der Waals surface area contributed by atoms with Crippen LogP contribution in [0.3, 0.4) is 0 Å². The number of fused-ring (bicyclic) bond motifs is 1. The van der Waals surface area contributed by atoms with E-state index in [2.05, 4.69) is 11.4 Å². The smallest absolute Gasteiger partial charge is 0.317 e. The molecule has 0 saturated carbocycles. The van der Waals surface area contributed by atoms with E-state index in [0.717, 1.165) is 24.3 Å². The number of benzene rings is 1. The Bertz CT molecular complexity index is 603. The van der Waals surface area contributed by atoms with Crippen LogP contribution < -0.4 is 10.1 Å². The highest BCUT2D eigenvalue weighted by atomic mass is 16.5. The van der Waals surface area contributed by atoms with Gasteiger partial charge in [-0.2, -0.15) is 0 Å². The molecule has 0 aliphatic carbocycles. The molecular weight excluding hydrogens is 294 g/mol. The van der Waals surface area contributed by atoms with E-state index >= 15 is 0 Å². The summed E-state index contributed by atoms with van der Waals surface area (Å²) in [5, 5.41) is 2.97. The standard InChI is InChI=1S/C17H23N3O3/c1-19-10-12(8-16(19)21)9-18-17(22)20-7-6-13-4-3-5-15(23-2)14(13)11-20/h3-5,12H,6-11H2,1-2H3,(H,18,22). The van der Waals surface area contributed by atoms with Gasteiger partial charge in [-0.3, -0.25) is 4.79 Å². The van der Waals surface area contributed by atoms with Crippen LogP contribution in [0.2, 0.25) is 0 Å². The number of amides is 3. The highest BCUT2D eigenvalue weighted by Gasteiger charge is 2.28. The highest BCUT2D eigenvalue weighted by Crippen LogP contribution is 2.27. The Morgan fingerprint density at radius 3 is 2.96 bits per heavy atom. The molecule has 1 saturated heterocycles. The number of urea groups is 1. The predicted molar refractivity (Wildman–Crippen MR) is 86.3 cm³/mol. The second kappa shape index (κ2) is 6.48. The highest BCUT2D eigenvalue weighted by molar-refractivity contribution is 5.79. The van der Waals surface area contributed by atoms with E-state index in [-0.39, 0.29) is 17.9 Å². The van der Waals surface area contributed by atoms with Crippen molar-refractivity contribution in [1.29, 1.82) is 0 Å². The minimum Gasteiger partial charge on any atom is -0.496 e. The van der Waals surface area contributed by atoms with Gasteiger partial charge in [0.25, 0.3) is 0 Å². The van der Waals surface area contributed by atoms with E-state index in [1.54, 1.807) is 19.1 Å². The number of nitrogens with zero attached hydrogens (tertiary/aromatic N) is 2. The van der Waals surface area contributed by atoms with E-state index < -0.39 is 0 Å². The number of carbonyl (C=O) groups is 2. The molecule has 3 amide bonds. The van der Waals surface area contributed by atoms with Gasteiger partial charge in [-0.15, -0.1) is 0 Å². The molecule has 0 aromatic heterocycles. The molecule has 1 atom stereocenters. The lowest BCUT2D eigenvalue weighted by molar-refractivity contribution is -0.126. The number of nitrogens with one attached hydrogen (secondary N) is 1. The largest absolute Gasteiger partial charge is 0.496 e. The molecule has 1 aromatic carbocycles. The van der Waals surface area contributed by atoms with Crippen molar-refractivity contribution in [1.82, 2.24) is 15.1 Å². The fraction of sp³-hybridized carbons (Fsp3) is 0.529. The summed E-state index contributed by atoms with van der Waals surface area (Å²) in [5.41, 5.74) is 2.34. The maximum atomic E-state index is 12.4. The van der Waals surface area contributed by atoms with E-state index in [4.69, 9.17) is 4.74 Å². The third-order valence-electron chi connectivity index (χ3n) is 4.70. The van der Waals surface area contributed by atoms with E-state index in [0.29, 0.717) is 26.1 Å². The zero-order chi connectivity index (χ0) is 16.4. The molecule has 1 N–H and O–H groups in total. The summed E-state index contributed by atoms with van der Waals surface area (Å²) in [6.45, 7) is 2.53. The van der Waals surface area contributed by atoms with Crippen LogP contribution in [0.15, 0.2) is 18.2 Å². The molecule has 124 valence electrons. The molecule has 1 unspecified atom stereocenters. The fourth-order valence-corrected chi connectivity index (χ4v) is 3.35. The molecule has 1 aromatic rings. The van der Waals surface area contributed by atoms with Crippen molar-refractivity contribution in [3.63, 3.8) is 0 Å². The molecule has 0 spiro atoms. The molecule has 3 rings (SSSR count). The first kappa shape index (κ1) is 15.6. The van der Waals surface area contributed by atoms with Gasteiger partial charge < -0.3 is 19.9 Å². The number of hydrogen-bond acceptors (Lipinski definition) is 3. The first-order valence-electron chi connectivity index (χ1n) is 8.00. The molecule has 6 heteroatoms. The predicted octanol–water partition coefficient (Wildman–Crippen LogP) is 1.24. The van der Waals surface area contributed by atoms with Crippen LogP contribution in [0.25, 0.3) is 0 Å². The molecule has 23 heavy (non-hydrogen) atoms. The van der Waals surface area contributed by atoms with Crippen LogP contribution in [-0.2, 0) is 17.8 Å². The summed E-state index contributed by atoms with van der Waals surface area (Å²) in [6, 6.07) is 5.94. The zero-order valence-electron chi connectivity index (χ0n) is 13.7. The quantitative estimate of drug-likeness (QED) is 0.912. The first-order chi connectivity index (χ1) is 11.1. The monoisotopic (exact) mass is 317 g/mol. The number of carbonyl (C=O) groups excluding carboxylic acids is 2. The first-order valence-corrected chi connectivity index (χ1v) is 8.00. The summed E-state index contributed by atoms with van der Waals surface area (Å²) in [4.78, 5) is 27.5. The van der Waals surface area contributed by atoms with Crippen LogP contribution in [0.1, 0.15) is 17.5 Å². The van der Waals surface area contributed by atoms with Gasteiger partial charge >= 0.3 is 6.03 Å². The Kier molecular flexibility index (Phi) is 4.41. The lowest BCUT2D eigenvalue weighted by Gasteiger charge is -2.30. The van der Waals surface area contributed by atoms with Crippen LogP contribution in [-0.4, -0.2) is 55.5 Å². The van der Waals surface area contributed by atoms with Crippen LogP contribution in [0.4, 0.5) is 4.79 Å². The van der Waals surface area contributed by atoms with Crippen molar-refractivity contribution >= 4 is 11.9 Å². The van der Waals surface area contributed by atoms with Gasteiger partial charge in [0.2, 0.25) is 5.91 Å². The van der Waals surface area contributed by atoms with E-state index in [1.807, 2.05) is 17.0 Å². The van der Waals surface area contributed by atoms with Gasteiger partial charge in [-0.25, -0.2) is 4.79 Å². The summed E-state index contributed by atoms with van der Waals surface area (Å²) < 4.78 is 5.40. The van der Waals surface area contributed by atoms with Crippen LogP contribution in [0.5, 0.6) is 5.75 Å². The van der Waals surface area contributed by atoms with Crippen molar-refractivity contribution in [3.8, 4) is 5.75 Å². The molecular formula is C17H23N3O3. The SMILES string of the molecule is COc1cccc2c1CN(C(=O)NCC1CC(=O)N(C)C1)CC2. The Hall–Kier alpha value is -2.24. The number of methoxy groups -OCH3 is 1. The molecule has 0 bridgehead atoms. The third kappa shape index (κ3) is 3.25. The van der Waals surface area contributed by atoms with Gasteiger partial charge in [0.05, 0.1) is 13.7 Å². The Morgan fingerprint density at radius 2 is 2.26 bits per heavy atom. The lowest BCUT2D eigenvalue weighted by Crippen LogP contribution is -2.44. The summed E-state index contributed by atoms with van der Waals surface area (Å²) in [5.74, 6) is 1.20. The summed E-state index contributed by atoms with van der Waals surface area (Å²) >= 11 is 0. The van der Waals surface area contributed by atoms with Crippen molar-refractivity contribution in [2.24, 2.45) is 5.92 Å². The number of likely N-dealkylation sites (tertiary alicyclic amines) is 1. The summed E-state index contributed by atoms with van der Waals surface area (Å²) in [7, 11) is 3.46. The van der Waals surface area contributed by atoms with E-state index in [1.165, 1.54) is 5.56 Å². The maximum Gasteiger partial charge on any atom is 0.317 e. The van der Waals surface area contributed by atoms with E-state index in [9.17, 15) is 9.59 Å². The topological polar surface area (TPSA) is 61.9 Å². The second-order valence-corrected chi connectivity index (χ2v) is 6.30. The lowest BCUT2D eigenvalue weighted by atomic mass is 9.99. The average Bonchev–Trinajstić information content (AvgIpc) is 2.89. The minimum atomic E-state index is -0.0661. The van der Waals surface area contributed by atoms with Gasteiger partial charge in [0.1, 0.15) is 5.75 Å². The number of rotatable bonds is 3. The van der Waals surface area contributed by atoms with Gasteiger partial charge in [-0.05, 0) is 18.1 Å².